The van der Waals surface area contributed by atoms with E-state index in [0.717, 1.165) is 29.5 Å². The van der Waals surface area contributed by atoms with Crippen molar-refractivity contribution in [1.29, 1.82) is 0 Å². The van der Waals surface area contributed by atoms with Gasteiger partial charge in [0.05, 0.1) is 4.91 Å². The van der Waals surface area contributed by atoms with Crippen LogP contribution in [0.25, 0.3) is 17.2 Å². The summed E-state index contributed by atoms with van der Waals surface area (Å²) in [5.74, 6) is -0.917. The molecule has 4 nitrogen and oxygen atoms in total. The number of hydrogen-bond acceptors (Lipinski definition) is 4. The Morgan fingerprint density at radius 3 is 2.70 bits per heavy atom. The van der Waals surface area contributed by atoms with E-state index in [0.29, 0.717) is 32.2 Å². The Balaban J connectivity index is 1.71. The number of carboxylic acid groups (broad SMARTS) is 1. The first-order valence-electron chi connectivity index (χ1n) is 9.38. The van der Waals surface area contributed by atoms with E-state index in [1.165, 1.54) is 11.8 Å². The third-order valence-corrected chi connectivity index (χ3v) is 6.51. The summed E-state index contributed by atoms with van der Waals surface area (Å²) in [4.78, 5) is 25.5. The molecule has 0 atom stereocenters. The fraction of sp³-hybridized carbons (Fsp3) is 0.227. The molecule has 1 aliphatic heterocycles. The molecule has 2 aromatic carbocycles. The molecule has 30 heavy (non-hydrogen) atoms. The molecule has 0 aromatic heterocycles. The van der Waals surface area contributed by atoms with E-state index in [4.69, 9.17) is 40.5 Å². The number of aliphatic carboxylic acids is 1. The van der Waals surface area contributed by atoms with Crippen molar-refractivity contribution in [2.45, 2.75) is 25.7 Å². The number of nitrogens with zero attached hydrogens (tertiary/aromatic N) is 1. The highest BCUT2D eigenvalue weighted by molar-refractivity contribution is 8.26. The summed E-state index contributed by atoms with van der Waals surface area (Å²) in [7, 11) is 0. The number of carbonyl (C=O) groups excluding carboxylic acids is 1. The summed E-state index contributed by atoms with van der Waals surface area (Å²) in [6.45, 7) is 0.500. The number of halogens is 2. The maximum absolute atomic E-state index is 12.8. The molecule has 2 aromatic rings. The topological polar surface area (TPSA) is 57.6 Å². The monoisotopic (exact) mass is 479 g/mol. The van der Waals surface area contributed by atoms with Gasteiger partial charge in [-0.2, -0.15) is 0 Å². The summed E-state index contributed by atoms with van der Waals surface area (Å²) in [6, 6.07) is 13.0. The Hall–Kier alpha value is -1.86. The minimum absolute atomic E-state index is 0.116. The molecule has 1 amide bonds. The van der Waals surface area contributed by atoms with Crippen LogP contribution in [0, 0.1) is 0 Å². The Kier molecular flexibility index (Phi) is 7.94. The molecule has 0 unspecified atom stereocenters. The number of unbranched alkanes of at least 4 members (excludes halogenated alkanes) is 2. The summed E-state index contributed by atoms with van der Waals surface area (Å²) in [6.07, 6.45) is 4.02. The highest BCUT2D eigenvalue weighted by Gasteiger charge is 2.31. The van der Waals surface area contributed by atoms with E-state index >= 15 is 0 Å². The highest BCUT2D eigenvalue weighted by Crippen LogP contribution is 2.35. The van der Waals surface area contributed by atoms with Crippen LogP contribution in [0.1, 0.15) is 31.2 Å². The Labute approximate surface area is 194 Å². The summed E-state index contributed by atoms with van der Waals surface area (Å²) >= 11 is 19.1. The van der Waals surface area contributed by atoms with Crippen molar-refractivity contribution < 1.29 is 14.7 Å². The zero-order valence-corrected chi connectivity index (χ0v) is 19.1. The molecule has 0 saturated carbocycles. The average molecular weight is 480 g/mol. The Morgan fingerprint density at radius 1 is 1.13 bits per heavy atom. The SMILES string of the molecule is O=C(O)CCCCCN1C(=O)C(=Cc2cccc(-c3cc(Cl)ccc3Cl)c2)SC1=S. The van der Waals surface area contributed by atoms with E-state index < -0.39 is 5.97 Å². The molecule has 8 heteroatoms. The number of hydrogen-bond donors (Lipinski definition) is 1. The van der Waals surface area contributed by atoms with Crippen molar-refractivity contribution in [2.24, 2.45) is 0 Å². The van der Waals surface area contributed by atoms with Crippen LogP contribution in [-0.4, -0.2) is 32.7 Å². The van der Waals surface area contributed by atoms with Gasteiger partial charge in [0.25, 0.3) is 5.91 Å². The number of carboxylic acids is 1. The van der Waals surface area contributed by atoms with Gasteiger partial charge < -0.3 is 5.11 Å². The molecule has 156 valence electrons. The number of rotatable bonds is 8. The maximum atomic E-state index is 12.8. The van der Waals surface area contributed by atoms with Gasteiger partial charge in [-0.1, -0.05) is 71.8 Å². The lowest BCUT2D eigenvalue weighted by Crippen LogP contribution is -2.29. The van der Waals surface area contributed by atoms with E-state index in [1.807, 2.05) is 36.4 Å². The second-order valence-electron chi connectivity index (χ2n) is 6.79. The predicted octanol–water partition coefficient (Wildman–Crippen LogP) is 6.51. The van der Waals surface area contributed by atoms with Crippen LogP contribution in [0.15, 0.2) is 47.4 Å². The Bertz CT molecular complexity index is 1020. The van der Waals surface area contributed by atoms with Crippen LogP contribution in [0.4, 0.5) is 0 Å². The second kappa shape index (κ2) is 10.4. The summed E-state index contributed by atoms with van der Waals surface area (Å²) in [5.41, 5.74) is 2.60. The van der Waals surface area contributed by atoms with Crippen LogP contribution < -0.4 is 0 Å². The quantitative estimate of drug-likeness (QED) is 0.265. The molecule has 0 aliphatic carbocycles. The molecule has 1 N–H and O–H groups in total. The van der Waals surface area contributed by atoms with Crippen molar-refractivity contribution in [3.8, 4) is 11.1 Å². The smallest absolute Gasteiger partial charge is 0.303 e. The lowest BCUT2D eigenvalue weighted by atomic mass is 10.0. The van der Waals surface area contributed by atoms with E-state index in [2.05, 4.69) is 0 Å². The molecule has 1 heterocycles. The van der Waals surface area contributed by atoms with Gasteiger partial charge in [0.15, 0.2) is 0 Å². The van der Waals surface area contributed by atoms with Gasteiger partial charge in [-0.25, -0.2) is 0 Å². The standard InChI is InChI=1S/C22H19Cl2NO3S2/c23-16-8-9-18(24)17(13-16)15-6-4-5-14(11-15)12-19-21(28)25(22(29)30-19)10-3-1-2-7-20(26)27/h4-6,8-9,11-13H,1-3,7,10H2,(H,26,27). The minimum atomic E-state index is -0.801. The highest BCUT2D eigenvalue weighted by atomic mass is 35.5. The van der Waals surface area contributed by atoms with Crippen molar-refractivity contribution >= 4 is 69.5 Å². The molecular formula is C22H19Cl2NO3S2. The third-order valence-electron chi connectivity index (χ3n) is 4.57. The summed E-state index contributed by atoms with van der Waals surface area (Å²) in [5, 5.41) is 9.90. The molecule has 1 aliphatic rings. The zero-order valence-electron chi connectivity index (χ0n) is 15.9. The number of benzene rings is 2. The lowest BCUT2D eigenvalue weighted by molar-refractivity contribution is -0.137. The average Bonchev–Trinajstić information content (AvgIpc) is 2.96. The van der Waals surface area contributed by atoms with Crippen molar-refractivity contribution in [3.63, 3.8) is 0 Å². The normalized spacial score (nSPS) is 15.3. The first kappa shape index (κ1) is 22.8. The largest absolute Gasteiger partial charge is 0.481 e. The van der Waals surface area contributed by atoms with Crippen molar-refractivity contribution in [2.75, 3.05) is 6.54 Å². The van der Waals surface area contributed by atoms with Gasteiger partial charge in [-0.3, -0.25) is 14.5 Å². The third kappa shape index (κ3) is 5.85. The van der Waals surface area contributed by atoms with Crippen molar-refractivity contribution in [1.82, 2.24) is 4.90 Å². The Morgan fingerprint density at radius 2 is 1.93 bits per heavy atom. The maximum Gasteiger partial charge on any atom is 0.303 e. The zero-order chi connectivity index (χ0) is 21.7. The number of carbonyl (C=O) groups is 2. The number of thioether (sulfide) groups is 1. The van der Waals surface area contributed by atoms with Crippen molar-refractivity contribution in [3.05, 3.63) is 63.0 Å². The molecule has 1 fully saturated rings. The molecule has 1 saturated heterocycles. The van der Waals surface area contributed by atoms with Crippen LogP contribution in [-0.2, 0) is 9.59 Å². The number of amides is 1. The first-order valence-corrected chi connectivity index (χ1v) is 11.4. The molecule has 0 radical (unpaired) electrons. The first-order chi connectivity index (χ1) is 14.3. The van der Waals surface area contributed by atoms with Crippen LogP contribution in [0.5, 0.6) is 0 Å². The predicted molar refractivity (Wildman–Crippen MR) is 128 cm³/mol. The van der Waals surface area contributed by atoms with E-state index in [9.17, 15) is 9.59 Å². The fourth-order valence-electron chi connectivity index (χ4n) is 3.08. The van der Waals surface area contributed by atoms with E-state index in [-0.39, 0.29) is 12.3 Å². The van der Waals surface area contributed by atoms with Crippen LogP contribution >= 0.6 is 47.2 Å². The van der Waals surface area contributed by atoms with Gasteiger partial charge in [0.2, 0.25) is 0 Å². The number of thiocarbonyl (C=S) groups is 1. The van der Waals surface area contributed by atoms with Gasteiger partial charge in [0.1, 0.15) is 4.32 Å². The second-order valence-corrected chi connectivity index (χ2v) is 9.31. The van der Waals surface area contributed by atoms with Gasteiger partial charge in [0, 0.05) is 28.6 Å². The molecule has 0 spiro atoms. The van der Waals surface area contributed by atoms with Gasteiger partial charge in [-0.15, -0.1) is 0 Å². The molecular weight excluding hydrogens is 461 g/mol. The lowest BCUT2D eigenvalue weighted by Gasteiger charge is -2.13. The van der Waals surface area contributed by atoms with Crippen LogP contribution in [0.2, 0.25) is 10.0 Å². The molecule has 3 rings (SSSR count). The van der Waals surface area contributed by atoms with E-state index in [1.54, 1.807) is 17.0 Å². The molecule has 0 bridgehead atoms. The fourth-order valence-corrected chi connectivity index (χ4v) is 4.79. The minimum Gasteiger partial charge on any atom is -0.481 e. The van der Waals surface area contributed by atoms with Gasteiger partial charge >= 0.3 is 5.97 Å². The summed E-state index contributed by atoms with van der Waals surface area (Å²) < 4.78 is 0.526. The van der Waals surface area contributed by atoms with Crippen LogP contribution in [0.3, 0.4) is 0 Å². The van der Waals surface area contributed by atoms with Gasteiger partial charge in [-0.05, 0) is 54.3 Å².